The van der Waals surface area contributed by atoms with Crippen molar-refractivity contribution in [1.29, 1.82) is 0 Å². The first kappa shape index (κ1) is 19.1. The summed E-state index contributed by atoms with van der Waals surface area (Å²) in [6.45, 7) is 5.66. The fourth-order valence-electron chi connectivity index (χ4n) is 2.51. The zero-order chi connectivity index (χ0) is 19.4. The van der Waals surface area contributed by atoms with Gasteiger partial charge in [0, 0.05) is 19.2 Å². The third-order valence-electron chi connectivity index (χ3n) is 3.82. The van der Waals surface area contributed by atoms with Gasteiger partial charge in [-0.25, -0.2) is 4.79 Å². The maximum atomic E-state index is 12.2. The van der Waals surface area contributed by atoms with E-state index in [1.807, 2.05) is 6.92 Å². The van der Waals surface area contributed by atoms with Crippen LogP contribution in [0.3, 0.4) is 0 Å². The van der Waals surface area contributed by atoms with Crippen molar-refractivity contribution in [1.82, 2.24) is 19.6 Å². The number of esters is 1. The van der Waals surface area contributed by atoms with Crippen molar-refractivity contribution in [2.45, 2.75) is 40.3 Å². The van der Waals surface area contributed by atoms with Gasteiger partial charge < -0.3 is 10.1 Å². The maximum absolute atomic E-state index is 12.2. The van der Waals surface area contributed by atoms with Crippen LogP contribution in [0.1, 0.15) is 35.2 Å². The monoisotopic (exact) mass is 364 g/mol. The molecule has 0 unspecified atom stereocenters. The highest BCUT2D eigenvalue weighted by molar-refractivity contribution is 5.99. The number of rotatable bonds is 7. The molecular formula is C15H20N6O5. The summed E-state index contributed by atoms with van der Waals surface area (Å²) in [7, 11) is 1.23. The lowest BCUT2D eigenvalue weighted by atomic mass is 10.3. The van der Waals surface area contributed by atoms with Crippen molar-refractivity contribution in [2.24, 2.45) is 0 Å². The van der Waals surface area contributed by atoms with E-state index in [1.54, 1.807) is 13.8 Å². The summed E-state index contributed by atoms with van der Waals surface area (Å²) in [4.78, 5) is 34.5. The van der Waals surface area contributed by atoms with Gasteiger partial charge in [0.1, 0.15) is 11.4 Å². The fraction of sp³-hybridized carbons (Fsp3) is 0.467. The van der Waals surface area contributed by atoms with Crippen molar-refractivity contribution in [3.63, 3.8) is 0 Å². The van der Waals surface area contributed by atoms with Crippen LogP contribution in [0, 0.1) is 24.0 Å². The highest BCUT2D eigenvalue weighted by atomic mass is 16.6. The van der Waals surface area contributed by atoms with Crippen molar-refractivity contribution in [2.75, 3.05) is 12.4 Å². The zero-order valence-corrected chi connectivity index (χ0v) is 15.0. The number of nitrogens with one attached hydrogen (secondary N) is 1. The molecule has 0 spiro atoms. The van der Waals surface area contributed by atoms with Gasteiger partial charge in [-0.2, -0.15) is 10.2 Å². The second kappa shape index (κ2) is 7.76. The molecule has 26 heavy (non-hydrogen) atoms. The number of aromatic nitrogens is 4. The van der Waals surface area contributed by atoms with E-state index in [4.69, 9.17) is 0 Å². The van der Waals surface area contributed by atoms with Crippen LogP contribution in [0.2, 0.25) is 0 Å². The van der Waals surface area contributed by atoms with E-state index in [2.05, 4.69) is 20.3 Å². The van der Waals surface area contributed by atoms with Crippen molar-refractivity contribution in [3.8, 4) is 0 Å². The van der Waals surface area contributed by atoms with Crippen molar-refractivity contribution in [3.05, 3.63) is 33.4 Å². The minimum absolute atomic E-state index is 0.0180. The van der Waals surface area contributed by atoms with E-state index in [0.717, 1.165) is 0 Å². The van der Waals surface area contributed by atoms with Gasteiger partial charge in [-0.15, -0.1) is 0 Å². The first-order chi connectivity index (χ1) is 12.3. The van der Waals surface area contributed by atoms with E-state index < -0.39 is 10.9 Å². The van der Waals surface area contributed by atoms with Gasteiger partial charge >= 0.3 is 11.7 Å². The Labute approximate surface area is 149 Å². The highest BCUT2D eigenvalue weighted by Crippen LogP contribution is 2.22. The molecule has 0 aliphatic rings. The molecule has 0 aliphatic heterocycles. The predicted octanol–water partition coefficient (Wildman–Crippen LogP) is 1.44. The van der Waals surface area contributed by atoms with Crippen LogP contribution in [0.25, 0.3) is 0 Å². The Morgan fingerprint density at radius 2 is 2.04 bits per heavy atom. The van der Waals surface area contributed by atoms with Gasteiger partial charge in [0.25, 0.3) is 0 Å². The van der Waals surface area contributed by atoms with E-state index in [-0.39, 0.29) is 35.9 Å². The third-order valence-corrected chi connectivity index (χ3v) is 3.82. The number of hydrogen-bond acceptors (Lipinski definition) is 7. The Kier molecular flexibility index (Phi) is 5.70. The average molecular weight is 364 g/mol. The molecule has 0 aliphatic carbocycles. The quantitative estimate of drug-likeness (QED) is 0.446. The van der Waals surface area contributed by atoms with Crippen molar-refractivity contribution >= 4 is 23.3 Å². The lowest BCUT2D eigenvalue weighted by Crippen LogP contribution is -2.17. The lowest BCUT2D eigenvalue weighted by molar-refractivity contribution is -0.386. The van der Waals surface area contributed by atoms with E-state index >= 15 is 0 Å². The van der Waals surface area contributed by atoms with Crippen LogP contribution in [-0.4, -0.2) is 43.5 Å². The Morgan fingerprint density at radius 1 is 1.35 bits per heavy atom. The van der Waals surface area contributed by atoms with Crippen LogP contribution in [0.4, 0.5) is 11.4 Å². The molecule has 140 valence electrons. The molecule has 11 heteroatoms. The van der Waals surface area contributed by atoms with E-state index in [1.165, 1.54) is 22.7 Å². The Hall–Kier alpha value is -3.24. The minimum Gasteiger partial charge on any atom is -0.464 e. The Balaban J connectivity index is 2.08. The molecule has 0 saturated carbocycles. The molecule has 1 N–H and O–H groups in total. The van der Waals surface area contributed by atoms with Gasteiger partial charge in [0.2, 0.25) is 5.91 Å². The van der Waals surface area contributed by atoms with Crippen LogP contribution >= 0.6 is 0 Å². The first-order valence-corrected chi connectivity index (χ1v) is 7.92. The maximum Gasteiger partial charge on any atom is 0.360 e. The molecule has 0 radical (unpaired) electrons. The Morgan fingerprint density at radius 3 is 2.58 bits per heavy atom. The zero-order valence-electron chi connectivity index (χ0n) is 15.0. The van der Waals surface area contributed by atoms with Crippen LogP contribution in [-0.2, 0) is 22.6 Å². The fourth-order valence-corrected chi connectivity index (χ4v) is 2.51. The summed E-state index contributed by atoms with van der Waals surface area (Å²) >= 11 is 0. The summed E-state index contributed by atoms with van der Waals surface area (Å²) in [5.41, 5.74) is 0.898. The number of anilines is 1. The smallest absolute Gasteiger partial charge is 0.360 e. The lowest BCUT2D eigenvalue weighted by Gasteiger charge is -2.06. The number of carbonyl (C=O) groups excluding carboxylic acids is 2. The van der Waals surface area contributed by atoms with Gasteiger partial charge in [0.05, 0.1) is 24.3 Å². The summed E-state index contributed by atoms with van der Waals surface area (Å²) in [5.74, 6) is -1.03. The second-order valence-electron chi connectivity index (χ2n) is 5.54. The Bertz CT molecular complexity index is 853. The second-order valence-corrected chi connectivity index (χ2v) is 5.54. The summed E-state index contributed by atoms with van der Waals surface area (Å²) in [6, 6.07) is 0. The molecule has 1 amide bonds. The van der Waals surface area contributed by atoms with Gasteiger partial charge in [0.15, 0.2) is 5.69 Å². The van der Waals surface area contributed by atoms with Gasteiger partial charge in [-0.1, -0.05) is 0 Å². The predicted molar refractivity (Wildman–Crippen MR) is 90.8 cm³/mol. The molecule has 2 aromatic heterocycles. The number of amides is 1. The topological polar surface area (TPSA) is 134 Å². The number of aryl methyl sites for hydroxylation is 3. The highest BCUT2D eigenvalue weighted by Gasteiger charge is 2.23. The molecule has 0 saturated heterocycles. The number of nitro groups is 1. The molecule has 0 bridgehead atoms. The average Bonchev–Trinajstić information content (AvgIpc) is 3.12. The molecule has 2 heterocycles. The first-order valence-electron chi connectivity index (χ1n) is 7.92. The standard InChI is InChI=1S/C15H20N6O5/c1-5-19-8-11(13(18-19)15(23)26-4)16-12(22)6-7-20-10(3)14(21(24)25)9(2)17-20/h8H,5-7H2,1-4H3,(H,16,22). The summed E-state index contributed by atoms with van der Waals surface area (Å²) in [5, 5.41) is 21.8. The molecule has 0 atom stereocenters. The number of carbonyl (C=O) groups is 2. The SMILES string of the molecule is CCn1cc(NC(=O)CCn2nc(C)c([N+](=O)[O-])c2C)c(C(=O)OC)n1. The van der Waals surface area contributed by atoms with Crippen LogP contribution < -0.4 is 5.32 Å². The van der Waals surface area contributed by atoms with Gasteiger partial charge in [-0.3, -0.25) is 24.3 Å². The number of nitrogens with zero attached hydrogens (tertiary/aromatic N) is 5. The third kappa shape index (κ3) is 3.87. The number of ether oxygens (including phenoxy) is 1. The van der Waals surface area contributed by atoms with Crippen molar-refractivity contribution < 1.29 is 19.2 Å². The van der Waals surface area contributed by atoms with Crippen LogP contribution in [0.5, 0.6) is 0 Å². The van der Waals surface area contributed by atoms with Crippen LogP contribution in [0.15, 0.2) is 6.20 Å². The normalized spacial score (nSPS) is 10.6. The summed E-state index contributed by atoms with van der Waals surface area (Å²) in [6.07, 6.45) is 1.56. The molecule has 0 aromatic carbocycles. The minimum atomic E-state index is -0.651. The molecule has 11 nitrogen and oxygen atoms in total. The summed E-state index contributed by atoms with van der Waals surface area (Å²) < 4.78 is 7.58. The van der Waals surface area contributed by atoms with Gasteiger partial charge in [-0.05, 0) is 20.8 Å². The van der Waals surface area contributed by atoms with E-state index in [0.29, 0.717) is 17.9 Å². The number of methoxy groups -OCH3 is 1. The molecule has 2 aromatic rings. The van der Waals surface area contributed by atoms with E-state index in [9.17, 15) is 19.7 Å². The largest absolute Gasteiger partial charge is 0.464 e. The molecule has 2 rings (SSSR count). The molecule has 0 fully saturated rings. The molecular weight excluding hydrogens is 344 g/mol. The number of hydrogen-bond donors (Lipinski definition) is 1.